The first kappa shape index (κ1) is 12.2. The zero-order valence-electron chi connectivity index (χ0n) is 8.70. The van der Waals surface area contributed by atoms with Crippen LogP contribution >= 0.6 is 0 Å². The molecular weight excluding hydrogens is 222 g/mol. The summed E-state index contributed by atoms with van der Waals surface area (Å²) in [6.07, 6.45) is 0. The normalized spacial score (nSPS) is 10.1. The molecule has 0 spiro atoms. The van der Waals surface area contributed by atoms with Crippen molar-refractivity contribution >= 4 is 5.97 Å². The van der Waals surface area contributed by atoms with Crippen LogP contribution in [0.2, 0.25) is 0 Å². The maximum Gasteiger partial charge on any atom is 0.387 e. The van der Waals surface area contributed by atoms with Gasteiger partial charge in [-0.3, -0.25) is 4.79 Å². The van der Waals surface area contributed by atoms with Gasteiger partial charge in [0.2, 0.25) is 0 Å². The van der Waals surface area contributed by atoms with Gasteiger partial charge in [0.05, 0.1) is 7.11 Å². The molecule has 0 saturated carbocycles. The van der Waals surface area contributed by atoms with Crippen molar-refractivity contribution in [2.75, 3.05) is 7.11 Å². The quantitative estimate of drug-likeness (QED) is 0.589. The van der Waals surface area contributed by atoms with E-state index in [-0.39, 0.29) is 17.2 Å². The average Bonchev–Trinajstić information content (AvgIpc) is 2.16. The van der Waals surface area contributed by atoms with Crippen LogP contribution in [0, 0.1) is 0 Å². The predicted molar refractivity (Wildman–Crippen MR) is 50.9 cm³/mol. The van der Waals surface area contributed by atoms with Gasteiger partial charge in [0.25, 0.3) is 0 Å². The molecule has 0 unspecified atom stereocenters. The molecule has 0 bridgehead atoms. The van der Waals surface area contributed by atoms with E-state index in [1.807, 2.05) is 0 Å². The number of hydrogen-bond donors (Lipinski definition) is 0. The Bertz CT molecular complexity index is 379. The Morgan fingerprint density at radius 3 is 2.50 bits per heavy atom. The molecule has 0 saturated heterocycles. The van der Waals surface area contributed by atoms with Crippen molar-refractivity contribution in [3.63, 3.8) is 0 Å². The monoisotopic (exact) mass is 232 g/mol. The molecule has 88 valence electrons. The van der Waals surface area contributed by atoms with E-state index < -0.39 is 12.6 Å². The van der Waals surface area contributed by atoms with Crippen LogP contribution in [0.1, 0.15) is 6.92 Å². The molecule has 6 heteroatoms. The number of carbonyl (C=O) groups excluding carboxylic acids is 1. The van der Waals surface area contributed by atoms with Crippen molar-refractivity contribution in [2.45, 2.75) is 13.5 Å². The van der Waals surface area contributed by atoms with Gasteiger partial charge in [0.1, 0.15) is 5.75 Å². The summed E-state index contributed by atoms with van der Waals surface area (Å²) in [6, 6.07) is 3.95. The standard InChI is InChI=1S/C10H10F2O4/c1-6(13)15-7-3-4-8(14-2)9(5-7)16-10(11)12/h3-5,10H,1-2H3. The van der Waals surface area contributed by atoms with Gasteiger partial charge >= 0.3 is 12.6 Å². The number of carbonyl (C=O) groups is 1. The lowest BCUT2D eigenvalue weighted by molar-refractivity contribution is -0.131. The van der Waals surface area contributed by atoms with Crippen LogP contribution in [0.4, 0.5) is 8.78 Å². The summed E-state index contributed by atoms with van der Waals surface area (Å²) in [4.78, 5) is 10.7. The van der Waals surface area contributed by atoms with Crippen LogP contribution in [0.5, 0.6) is 17.2 Å². The third-order valence-corrected chi connectivity index (χ3v) is 1.61. The van der Waals surface area contributed by atoms with E-state index in [0.717, 1.165) is 6.07 Å². The summed E-state index contributed by atoms with van der Waals surface area (Å²) < 4.78 is 37.8. The van der Waals surface area contributed by atoms with Crippen molar-refractivity contribution in [1.29, 1.82) is 0 Å². The predicted octanol–water partition coefficient (Wildman–Crippen LogP) is 2.22. The number of ether oxygens (including phenoxy) is 3. The minimum Gasteiger partial charge on any atom is -0.493 e. The molecule has 0 atom stereocenters. The highest BCUT2D eigenvalue weighted by Gasteiger charge is 2.12. The van der Waals surface area contributed by atoms with Gasteiger partial charge < -0.3 is 14.2 Å². The molecule has 0 N–H and O–H groups in total. The van der Waals surface area contributed by atoms with Gasteiger partial charge in [0.15, 0.2) is 11.5 Å². The van der Waals surface area contributed by atoms with E-state index in [9.17, 15) is 13.6 Å². The zero-order valence-corrected chi connectivity index (χ0v) is 8.70. The van der Waals surface area contributed by atoms with Crippen LogP contribution in [0.15, 0.2) is 18.2 Å². The van der Waals surface area contributed by atoms with Gasteiger partial charge in [-0.15, -0.1) is 0 Å². The minimum atomic E-state index is -2.97. The van der Waals surface area contributed by atoms with Gasteiger partial charge in [0, 0.05) is 13.0 Å². The second-order valence-corrected chi connectivity index (χ2v) is 2.78. The summed E-state index contributed by atoms with van der Waals surface area (Å²) in [7, 11) is 1.32. The first-order valence-electron chi connectivity index (χ1n) is 4.34. The second kappa shape index (κ2) is 5.29. The molecule has 0 radical (unpaired) electrons. The summed E-state index contributed by atoms with van der Waals surface area (Å²) in [5.74, 6) is -0.482. The molecule has 1 aromatic carbocycles. The van der Waals surface area contributed by atoms with Crippen molar-refractivity contribution in [3.8, 4) is 17.2 Å². The molecule has 0 aliphatic heterocycles. The molecular formula is C10H10F2O4. The largest absolute Gasteiger partial charge is 0.493 e. The zero-order chi connectivity index (χ0) is 12.1. The lowest BCUT2D eigenvalue weighted by atomic mass is 10.3. The Balaban J connectivity index is 2.96. The molecule has 0 aliphatic carbocycles. The van der Waals surface area contributed by atoms with Crippen molar-refractivity contribution in [2.24, 2.45) is 0 Å². The Hall–Kier alpha value is -1.85. The highest BCUT2D eigenvalue weighted by molar-refractivity contribution is 5.69. The molecule has 0 amide bonds. The minimum absolute atomic E-state index is 0.115. The Kier molecular flexibility index (Phi) is 4.04. The smallest absolute Gasteiger partial charge is 0.387 e. The van der Waals surface area contributed by atoms with Crippen LogP contribution in [0.3, 0.4) is 0 Å². The van der Waals surface area contributed by atoms with E-state index in [1.54, 1.807) is 0 Å². The number of rotatable bonds is 4. The fourth-order valence-electron chi connectivity index (χ4n) is 1.07. The van der Waals surface area contributed by atoms with Crippen molar-refractivity contribution < 1.29 is 27.8 Å². The van der Waals surface area contributed by atoms with Crippen LogP contribution in [0.25, 0.3) is 0 Å². The summed E-state index contributed by atoms with van der Waals surface area (Å²) >= 11 is 0. The first-order chi connectivity index (χ1) is 7.52. The number of benzene rings is 1. The van der Waals surface area contributed by atoms with Crippen LogP contribution in [-0.4, -0.2) is 19.7 Å². The summed E-state index contributed by atoms with van der Waals surface area (Å²) in [5, 5.41) is 0. The van der Waals surface area contributed by atoms with Gasteiger partial charge in [-0.1, -0.05) is 0 Å². The summed E-state index contributed by atoms with van der Waals surface area (Å²) in [6.45, 7) is -1.76. The van der Waals surface area contributed by atoms with E-state index in [4.69, 9.17) is 9.47 Å². The van der Waals surface area contributed by atoms with E-state index in [2.05, 4.69) is 4.74 Å². The fourth-order valence-corrected chi connectivity index (χ4v) is 1.07. The number of alkyl halides is 2. The van der Waals surface area contributed by atoms with E-state index in [0.29, 0.717) is 0 Å². The number of hydrogen-bond acceptors (Lipinski definition) is 4. The number of halogens is 2. The second-order valence-electron chi connectivity index (χ2n) is 2.78. The maximum absolute atomic E-state index is 12.0. The van der Waals surface area contributed by atoms with E-state index in [1.165, 1.54) is 26.2 Å². The molecule has 1 rings (SSSR count). The topological polar surface area (TPSA) is 44.8 Å². The molecule has 0 fully saturated rings. The third-order valence-electron chi connectivity index (χ3n) is 1.61. The van der Waals surface area contributed by atoms with Gasteiger partial charge in [-0.25, -0.2) is 0 Å². The molecule has 4 nitrogen and oxygen atoms in total. The number of methoxy groups -OCH3 is 1. The summed E-state index contributed by atoms with van der Waals surface area (Å²) in [5.41, 5.74) is 0. The molecule has 1 aromatic rings. The molecule has 16 heavy (non-hydrogen) atoms. The molecule has 0 heterocycles. The molecule has 0 aliphatic rings. The fraction of sp³-hybridized carbons (Fsp3) is 0.300. The SMILES string of the molecule is COc1ccc(OC(C)=O)cc1OC(F)F. The lowest BCUT2D eigenvalue weighted by Gasteiger charge is -2.10. The van der Waals surface area contributed by atoms with Gasteiger partial charge in [-0.2, -0.15) is 8.78 Å². The number of esters is 1. The first-order valence-corrected chi connectivity index (χ1v) is 4.34. The van der Waals surface area contributed by atoms with Crippen LogP contribution in [-0.2, 0) is 4.79 Å². The van der Waals surface area contributed by atoms with E-state index >= 15 is 0 Å². The van der Waals surface area contributed by atoms with Crippen molar-refractivity contribution in [3.05, 3.63) is 18.2 Å². The maximum atomic E-state index is 12.0. The van der Waals surface area contributed by atoms with Crippen molar-refractivity contribution in [1.82, 2.24) is 0 Å². The lowest BCUT2D eigenvalue weighted by Crippen LogP contribution is -2.05. The molecule has 0 aromatic heterocycles. The Morgan fingerprint density at radius 2 is 2.00 bits per heavy atom. The highest BCUT2D eigenvalue weighted by atomic mass is 19.3. The average molecular weight is 232 g/mol. The Morgan fingerprint density at radius 1 is 1.31 bits per heavy atom. The third kappa shape index (κ3) is 3.38. The Labute approximate surface area is 90.7 Å². The highest BCUT2D eigenvalue weighted by Crippen LogP contribution is 2.32. The van der Waals surface area contributed by atoms with Crippen LogP contribution < -0.4 is 14.2 Å². The van der Waals surface area contributed by atoms with Gasteiger partial charge in [-0.05, 0) is 12.1 Å².